The van der Waals surface area contributed by atoms with Gasteiger partial charge in [0.05, 0.1) is 30.6 Å². The summed E-state index contributed by atoms with van der Waals surface area (Å²) in [5, 5.41) is 16.8. The molecule has 0 aliphatic carbocycles. The van der Waals surface area contributed by atoms with Gasteiger partial charge in [-0.15, -0.1) is 11.3 Å². The van der Waals surface area contributed by atoms with Gasteiger partial charge in [0, 0.05) is 18.5 Å². The maximum Gasteiger partial charge on any atom is 0.273 e. The van der Waals surface area contributed by atoms with Gasteiger partial charge in [-0.3, -0.25) is 9.48 Å². The molecule has 3 heterocycles. The van der Waals surface area contributed by atoms with E-state index in [4.69, 9.17) is 0 Å². The average molecular weight is 335 g/mol. The lowest BCUT2D eigenvalue weighted by Gasteiger charge is -2.27. The molecule has 1 N–H and O–H groups in total. The maximum absolute atomic E-state index is 12.6. The number of hydrogen-bond donors (Lipinski definition) is 1. The number of thiazole rings is 1. The largest absolute Gasteiger partial charge is 0.387 e. The van der Waals surface area contributed by atoms with Gasteiger partial charge in [-0.2, -0.15) is 5.10 Å². The molecule has 0 saturated heterocycles. The zero-order valence-corrected chi connectivity index (χ0v) is 14.4. The predicted molar refractivity (Wildman–Crippen MR) is 87.1 cm³/mol. The minimum Gasteiger partial charge on any atom is -0.387 e. The molecule has 0 bridgehead atoms. The lowest BCUT2D eigenvalue weighted by Crippen LogP contribution is -2.38. The van der Waals surface area contributed by atoms with Gasteiger partial charge in [0.2, 0.25) is 0 Å². The molecule has 8 heteroatoms. The zero-order valence-electron chi connectivity index (χ0n) is 13.6. The van der Waals surface area contributed by atoms with E-state index in [0.29, 0.717) is 31.0 Å². The molecule has 124 valence electrons. The van der Waals surface area contributed by atoms with Crippen LogP contribution in [0.25, 0.3) is 0 Å². The molecule has 1 amide bonds. The summed E-state index contributed by atoms with van der Waals surface area (Å²) in [7, 11) is 3.96. The summed E-state index contributed by atoms with van der Waals surface area (Å²) in [5.74, 6) is -0.0442. The molecule has 1 aliphatic rings. The Morgan fingerprint density at radius 2 is 2.26 bits per heavy atom. The summed E-state index contributed by atoms with van der Waals surface area (Å²) < 4.78 is 1.87. The molecule has 0 saturated carbocycles. The third-order valence-electron chi connectivity index (χ3n) is 3.75. The van der Waals surface area contributed by atoms with Crippen LogP contribution in [0.4, 0.5) is 0 Å². The maximum atomic E-state index is 12.6. The molecule has 23 heavy (non-hydrogen) atoms. The first-order chi connectivity index (χ1) is 10.9. The van der Waals surface area contributed by atoms with Crippen molar-refractivity contribution in [1.29, 1.82) is 0 Å². The van der Waals surface area contributed by atoms with Gasteiger partial charge in [0.15, 0.2) is 0 Å². The fraction of sp³-hybridized carbons (Fsp3) is 0.533. The number of rotatable bonds is 4. The molecule has 0 fully saturated rings. The fourth-order valence-electron chi connectivity index (χ4n) is 2.58. The van der Waals surface area contributed by atoms with E-state index in [-0.39, 0.29) is 5.91 Å². The number of hydrogen-bond acceptors (Lipinski definition) is 6. The number of carbonyl (C=O) groups excluding carboxylic acids is 1. The van der Waals surface area contributed by atoms with Crippen LogP contribution in [0, 0.1) is 0 Å². The van der Waals surface area contributed by atoms with Crippen LogP contribution in [0.1, 0.15) is 39.9 Å². The Morgan fingerprint density at radius 3 is 2.96 bits per heavy atom. The highest BCUT2D eigenvalue weighted by molar-refractivity contribution is 7.09. The summed E-state index contributed by atoms with van der Waals surface area (Å²) in [6.45, 7) is 4.18. The van der Waals surface area contributed by atoms with Gasteiger partial charge in [-0.1, -0.05) is 0 Å². The van der Waals surface area contributed by atoms with Crippen LogP contribution in [-0.4, -0.2) is 56.2 Å². The van der Waals surface area contributed by atoms with Gasteiger partial charge in [-0.25, -0.2) is 4.98 Å². The summed E-state index contributed by atoms with van der Waals surface area (Å²) in [6.07, 6.45) is -0.593. The number of amides is 1. The second kappa shape index (κ2) is 6.38. The number of aliphatic hydroxyl groups is 1. The molecular formula is C15H21N5O2S. The van der Waals surface area contributed by atoms with Crippen LogP contribution >= 0.6 is 11.3 Å². The molecule has 1 atom stereocenters. The smallest absolute Gasteiger partial charge is 0.273 e. The van der Waals surface area contributed by atoms with Gasteiger partial charge in [0.1, 0.15) is 10.7 Å². The van der Waals surface area contributed by atoms with Gasteiger partial charge in [0.25, 0.3) is 5.91 Å². The van der Waals surface area contributed by atoms with Gasteiger partial charge in [-0.05, 0) is 27.1 Å². The lowest BCUT2D eigenvalue weighted by molar-refractivity contribution is 0.0700. The van der Waals surface area contributed by atoms with E-state index in [9.17, 15) is 9.90 Å². The Morgan fingerprint density at radius 1 is 1.48 bits per heavy atom. The Kier molecular flexibility index (Phi) is 4.47. The van der Waals surface area contributed by atoms with E-state index >= 15 is 0 Å². The van der Waals surface area contributed by atoms with Crippen molar-refractivity contribution in [3.8, 4) is 0 Å². The van der Waals surface area contributed by atoms with Crippen molar-refractivity contribution in [2.75, 3.05) is 20.6 Å². The summed E-state index contributed by atoms with van der Waals surface area (Å²) >= 11 is 1.51. The highest BCUT2D eigenvalue weighted by atomic mass is 32.1. The molecule has 2 aromatic heterocycles. The van der Waals surface area contributed by atoms with Crippen molar-refractivity contribution >= 4 is 17.2 Å². The number of nitrogens with zero attached hydrogens (tertiary/aromatic N) is 5. The van der Waals surface area contributed by atoms with Gasteiger partial charge < -0.3 is 14.9 Å². The van der Waals surface area contributed by atoms with Crippen molar-refractivity contribution in [2.45, 2.75) is 32.7 Å². The first-order valence-electron chi connectivity index (χ1n) is 7.57. The molecule has 0 spiro atoms. The van der Waals surface area contributed by atoms with E-state index in [1.54, 1.807) is 11.8 Å². The normalized spacial score (nSPS) is 15.8. The number of carbonyl (C=O) groups is 1. The Balaban J connectivity index is 1.72. The van der Waals surface area contributed by atoms with Crippen molar-refractivity contribution in [3.05, 3.63) is 33.5 Å². The zero-order chi connectivity index (χ0) is 16.6. The minimum absolute atomic E-state index is 0.0442. The number of fused-ring (bicyclic) bond motifs is 1. The summed E-state index contributed by atoms with van der Waals surface area (Å²) in [6, 6.07) is 1.86. The van der Waals surface area contributed by atoms with E-state index in [2.05, 4.69) is 10.1 Å². The van der Waals surface area contributed by atoms with Crippen LogP contribution < -0.4 is 0 Å². The molecule has 3 rings (SSSR count). The standard InChI is InChI=1S/C15H21N5O2S/c1-10(21)12-6-11-7-19(4-5-20(11)17-12)15(22)13-9-23-14(16-13)8-18(2)3/h6,9-10,21H,4-5,7-8H2,1-3H3/t10-/m0/s1. The molecule has 7 nitrogen and oxygen atoms in total. The van der Waals surface area contributed by atoms with E-state index < -0.39 is 6.10 Å². The topological polar surface area (TPSA) is 74.5 Å². The first-order valence-corrected chi connectivity index (χ1v) is 8.45. The van der Waals surface area contributed by atoms with E-state index in [1.165, 1.54) is 11.3 Å². The van der Waals surface area contributed by atoms with E-state index in [0.717, 1.165) is 17.2 Å². The molecule has 0 aromatic carbocycles. The molecule has 0 radical (unpaired) electrons. The highest BCUT2D eigenvalue weighted by Gasteiger charge is 2.25. The predicted octanol–water partition coefficient (Wildman–Crippen LogP) is 1.11. The first kappa shape index (κ1) is 16.1. The van der Waals surface area contributed by atoms with Crippen molar-refractivity contribution in [3.63, 3.8) is 0 Å². The van der Waals surface area contributed by atoms with Crippen LogP contribution in [0.3, 0.4) is 0 Å². The molecule has 0 unspecified atom stereocenters. The number of aliphatic hydroxyl groups excluding tert-OH is 1. The third-order valence-corrected chi connectivity index (χ3v) is 4.59. The lowest BCUT2D eigenvalue weighted by atomic mass is 10.2. The monoisotopic (exact) mass is 335 g/mol. The minimum atomic E-state index is -0.593. The van der Waals surface area contributed by atoms with Crippen molar-refractivity contribution in [2.24, 2.45) is 0 Å². The molecule has 2 aromatic rings. The Bertz CT molecular complexity index is 707. The second-order valence-corrected chi connectivity index (χ2v) is 6.99. The van der Waals surface area contributed by atoms with Crippen LogP contribution in [0.5, 0.6) is 0 Å². The van der Waals surface area contributed by atoms with Crippen LogP contribution in [0.15, 0.2) is 11.4 Å². The SMILES string of the molecule is C[C@H](O)c1cc2n(n1)CCN(C(=O)c1csc(CN(C)C)n1)C2. The van der Waals surface area contributed by atoms with Crippen LogP contribution in [-0.2, 0) is 19.6 Å². The number of aromatic nitrogens is 3. The summed E-state index contributed by atoms with van der Waals surface area (Å²) in [4.78, 5) is 20.9. The fourth-order valence-corrected chi connectivity index (χ4v) is 3.47. The second-order valence-electron chi connectivity index (χ2n) is 6.05. The van der Waals surface area contributed by atoms with Crippen LogP contribution in [0.2, 0.25) is 0 Å². The van der Waals surface area contributed by atoms with Gasteiger partial charge >= 0.3 is 0 Å². The van der Waals surface area contributed by atoms with Crippen molar-refractivity contribution < 1.29 is 9.90 Å². The third kappa shape index (κ3) is 3.44. The summed E-state index contributed by atoms with van der Waals surface area (Å²) in [5.41, 5.74) is 2.11. The molecule has 1 aliphatic heterocycles. The molecular weight excluding hydrogens is 314 g/mol. The highest BCUT2D eigenvalue weighted by Crippen LogP contribution is 2.20. The van der Waals surface area contributed by atoms with Crippen molar-refractivity contribution in [1.82, 2.24) is 24.6 Å². The Hall–Kier alpha value is -1.77. The van der Waals surface area contributed by atoms with E-state index in [1.807, 2.05) is 35.1 Å². The quantitative estimate of drug-likeness (QED) is 0.906. The average Bonchev–Trinajstić information content (AvgIpc) is 3.11. The Labute approximate surface area is 139 Å².